The summed E-state index contributed by atoms with van der Waals surface area (Å²) in [7, 11) is 0. The van der Waals surface area contributed by atoms with Gasteiger partial charge in [-0.05, 0) is 28.3 Å². The number of benzene rings is 2. The second-order valence-corrected chi connectivity index (χ2v) is 5.49. The average molecular weight is 271 g/mol. The lowest BCUT2D eigenvalue weighted by Crippen LogP contribution is -2.18. The number of fused-ring (bicyclic) bond motifs is 1. The number of carbonyl (C=O) groups excluding carboxylic acids is 1. The summed E-state index contributed by atoms with van der Waals surface area (Å²) >= 11 is 0. The highest BCUT2D eigenvalue weighted by Crippen LogP contribution is 2.21. The van der Waals surface area contributed by atoms with Gasteiger partial charge in [-0.1, -0.05) is 50.2 Å². The Kier molecular flexibility index (Phi) is 4.74. The van der Waals surface area contributed by atoms with Crippen LogP contribution in [0.2, 0.25) is 0 Å². The molecule has 0 aliphatic rings. The molecule has 2 aromatic rings. The molecule has 2 aromatic carbocycles. The van der Waals surface area contributed by atoms with Crippen LogP contribution in [0.4, 0.5) is 0 Å². The molecule has 0 radical (unpaired) electrons. The molecule has 0 heterocycles. The van der Waals surface area contributed by atoms with Crippen molar-refractivity contribution in [3.8, 4) is 0 Å². The second kappa shape index (κ2) is 6.53. The van der Waals surface area contributed by atoms with Crippen LogP contribution in [0.25, 0.3) is 10.8 Å². The van der Waals surface area contributed by atoms with Crippen molar-refractivity contribution in [2.45, 2.75) is 26.3 Å². The number of esters is 1. The summed E-state index contributed by atoms with van der Waals surface area (Å²) in [5.74, 6) is 0.107. The fourth-order valence-electron chi connectivity index (χ4n) is 2.05. The zero-order valence-electron chi connectivity index (χ0n) is 12.0. The topological polar surface area (TPSA) is 52.3 Å². The lowest BCUT2D eigenvalue weighted by Gasteiger charge is -2.13. The van der Waals surface area contributed by atoms with Gasteiger partial charge in [-0.3, -0.25) is 4.79 Å². The smallest absolute Gasteiger partial charge is 0.307 e. The normalized spacial score (nSPS) is 12.6. The molecule has 0 aromatic heterocycles. The number of ether oxygens (including phenoxy) is 1. The van der Waals surface area contributed by atoms with Crippen LogP contribution in [0.3, 0.4) is 0 Å². The summed E-state index contributed by atoms with van der Waals surface area (Å²) in [4.78, 5) is 11.7. The van der Waals surface area contributed by atoms with Gasteiger partial charge in [0.25, 0.3) is 0 Å². The highest BCUT2D eigenvalue weighted by molar-refractivity contribution is 5.83. The highest BCUT2D eigenvalue weighted by atomic mass is 16.5. The predicted molar refractivity (Wildman–Crippen MR) is 81.3 cm³/mol. The molecule has 1 atom stereocenters. The minimum Gasteiger partial charge on any atom is -0.465 e. The fourth-order valence-corrected chi connectivity index (χ4v) is 2.05. The van der Waals surface area contributed by atoms with Crippen LogP contribution >= 0.6 is 0 Å². The molecule has 106 valence electrons. The first-order chi connectivity index (χ1) is 9.56. The first-order valence-corrected chi connectivity index (χ1v) is 6.96. The van der Waals surface area contributed by atoms with Gasteiger partial charge in [0.1, 0.15) is 0 Å². The first-order valence-electron chi connectivity index (χ1n) is 6.96. The third-order valence-corrected chi connectivity index (χ3v) is 3.17. The maximum atomic E-state index is 11.7. The maximum Gasteiger partial charge on any atom is 0.307 e. The molecular weight excluding hydrogens is 250 g/mol. The van der Waals surface area contributed by atoms with Crippen molar-refractivity contribution in [3.63, 3.8) is 0 Å². The van der Waals surface area contributed by atoms with E-state index in [2.05, 4.69) is 6.07 Å². The Bertz CT molecular complexity index is 592. The van der Waals surface area contributed by atoms with Crippen LogP contribution in [-0.2, 0) is 9.53 Å². The van der Waals surface area contributed by atoms with Crippen molar-refractivity contribution in [1.82, 2.24) is 0 Å². The van der Waals surface area contributed by atoms with Gasteiger partial charge < -0.3 is 10.5 Å². The van der Waals surface area contributed by atoms with Gasteiger partial charge in [0, 0.05) is 6.04 Å². The molecule has 0 fully saturated rings. The van der Waals surface area contributed by atoms with Crippen LogP contribution in [0.15, 0.2) is 42.5 Å². The largest absolute Gasteiger partial charge is 0.465 e. The molecule has 20 heavy (non-hydrogen) atoms. The van der Waals surface area contributed by atoms with E-state index in [4.69, 9.17) is 10.5 Å². The molecule has 0 saturated heterocycles. The van der Waals surface area contributed by atoms with Crippen LogP contribution in [0, 0.1) is 5.92 Å². The van der Waals surface area contributed by atoms with Gasteiger partial charge in [-0.15, -0.1) is 0 Å². The molecule has 2 rings (SSSR count). The summed E-state index contributed by atoms with van der Waals surface area (Å²) in [6.45, 7) is 4.47. The molecule has 0 aliphatic heterocycles. The first kappa shape index (κ1) is 14.5. The fraction of sp³-hybridized carbons (Fsp3) is 0.353. The molecule has 2 N–H and O–H groups in total. The third-order valence-electron chi connectivity index (χ3n) is 3.17. The molecule has 3 nitrogen and oxygen atoms in total. The Morgan fingerprint density at radius 3 is 2.55 bits per heavy atom. The Hall–Kier alpha value is -1.87. The number of rotatable bonds is 5. The predicted octanol–water partition coefficient (Wildman–Crippen LogP) is 3.43. The Labute approximate surface area is 119 Å². The van der Waals surface area contributed by atoms with E-state index in [0.717, 1.165) is 10.9 Å². The number of carbonyl (C=O) groups is 1. The number of nitrogens with two attached hydrogens (primary N) is 1. The Balaban J connectivity index is 2.03. The zero-order valence-corrected chi connectivity index (χ0v) is 12.0. The monoisotopic (exact) mass is 271 g/mol. The SMILES string of the molecule is CC(C)COC(=O)C[C@H](N)c1ccc2ccccc2c1. The summed E-state index contributed by atoms with van der Waals surface area (Å²) in [6, 6.07) is 13.8. The summed E-state index contributed by atoms with van der Waals surface area (Å²) in [6.07, 6.45) is 0.213. The highest BCUT2D eigenvalue weighted by Gasteiger charge is 2.13. The van der Waals surface area contributed by atoms with Crippen LogP contribution in [0.1, 0.15) is 31.9 Å². The van der Waals surface area contributed by atoms with Gasteiger partial charge in [0.2, 0.25) is 0 Å². The summed E-state index contributed by atoms with van der Waals surface area (Å²) < 4.78 is 5.16. The molecular formula is C17H21NO2. The van der Waals surface area contributed by atoms with E-state index in [1.807, 2.05) is 50.2 Å². The third kappa shape index (κ3) is 3.81. The zero-order chi connectivity index (χ0) is 14.5. The summed E-state index contributed by atoms with van der Waals surface area (Å²) in [5.41, 5.74) is 7.06. The van der Waals surface area contributed by atoms with Crippen molar-refractivity contribution in [2.24, 2.45) is 11.7 Å². The lowest BCUT2D eigenvalue weighted by molar-refractivity contribution is -0.145. The van der Waals surface area contributed by atoms with E-state index < -0.39 is 0 Å². The minimum absolute atomic E-state index is 0.213. The lowest BCUT2D eigenvalue weighted by atomic mass is 10.0. The van der Waals surface area contributed by atoms with Gasteiger partial charge in [-0.25, -0.2) is 0 Å². The van der Waals surface area contributed by atoms with Crippen LogP contribution in [0.5, 0.6) is 0 Å². The van der Waals surface area contributed by atoms with Crippen molar-refractivity contribution in [3.05, 3.63) is 48.0 Å². The van der Waals surface area contributed by atoms with Crippen molar-refractivity contribution >= 4 is 16.7 Å². The van der Waals surface area contributed by atoms with Crippen molar-refractivity contribution in [1.29, 1.82) is 0 Å². The van der Waals surface area contributed by atoms with Crippen molar-refractivity contribution < 1.29 is 9.53 Å². The van der Waals surface area contributed by atoms with E-state index in [1.165, 1.54) is 5.39 Å². The molecule has 0 aliphatic carbocycles. The molecule has 0 spiro atoms. The molecule has 3 heteroatoms. The Morgan fingerprint density at radius 1 is 1.15 bits per heavy atom. The maximum absolute atomic E-state index is 11.7. The molecule has 0 saturated carbocycles. The van der Waals surface area contributed by atoms with E-state index in [-0.39, 0.29) is 18.4 Å². The van der Waals surface area contributed by atoms with Crippen molar-refractivity contribution in [2.75, 3.05) is 6.61 Å². The summed E-state index contributed by atoms with van der Waals surface area (Å²) in [5, 5.41) is 2.31. The van der Waals surface area contributed by atoms with Gasteiger partial charge in [0.15, 0.2) is 0 Å². The van der Waals surface area contributed by atoms with E-state index in [9.17, 15) is 4.79 Å². The average Bonchev–Trinajstić information content (AvgIpc) is 2.44. The quantitative estimate of drug-likeness (QED) is 0.848. The second-order valence-electron chi connectivity index (χ2n) is 5.49. The molecule has 0 bridgehead atoms. The van der Waals surface area contributed by atoms with Crippen LogP contribution < -0.4 is 5.73 Å². The molecule has 0 unspecified atom stereocenters. The van der Waals surface area contributed by atoms with E-state index in [1.54, 1.807) is 0 Å². The number of hydrogen-bond donors (Lipinski definition) is 1. The minimum atomic E-state index is -0.320. The standard InChI is InChI=1S/C17H21NO2/c1-12(2)11-20-17(19)10-16(18)15-8-7-13-5-3-4-6-14(13)9-15/h3-9,12,16H,10-11,18H2,1-2H3/t16-/m0/s1. The van der Waals surface area contributed by atoms with Gasteiger partial charge in [0.05, 0.1) is 13.0 Å². The van der Waals surface area contributed by atoms with Gasteiger partial charge in [-0.2, -0.15) is 0 Å². The van der Waals surface area contributed by atoms with Gasteiger partial charge >= 0.3 is 5.97 Å². The molecule has 0 amide bonds. The number of hydrogen-bond acceptors (Lipinski definition) is 3. The van der Waals surface area contributed by atoms with E-state index in [0.29, 0.717) is 12.5 Å². The van der Waals surface area contributed by atoms with Crippen LogP contribution in [-0.4, -0.2) is 12.6 Å². The Morgan fingerprint density at radius 2 is 1.85 bits per heavy atom. The van der Waals surface area contributed by atoms with E-state index >= 15 is 0 Å².